The molecular weight excluding hydrogens is 308 g/mol. The Bertz CT molecular complexity index is 555. The molecule has 0 bridgehead atoms. The number of likely N-dealkylation sites (N-methyl/N-ethyl adjacent to an activating group) is 1. The molecule has 0 heterocycles. The normalized spacial score (nSPS) is 11.5. The van der Waals surface area contributed by atoms with Gasteiger partial charge in [0.2, 0.25) is 11.8 Å². The summed E-state index contributed by atoms with van der Waals surface area (Å²) in [5, 5.41) is 5.21. The van der Waals surface area contributed by atoms with Gasteiger partial charge in [-0.1, -0.05) is 6.92 Å². The molecule has 0 saturated heterocycles. The predicted octanol–water partition coefficient (Wildman–Crippen LogP) is 2.08. The summed E-state index contributed by atoms with van der Waals surface area (Å²) in [6, 6.07) is 6.29. The van der Waals surface area contributed by atoms with Crippen molar-refractivity contribution < 1.29 is 19.1 Å². The number of nitrogens with one attached hydrogen (secondary N) is 2. The van der Waals surface area contributed by atoms with Crippen molar-refractivity contribution in [2.45, 2.75) is 46.1 Å². The van der Waals surface area contributed by atoms with Crippen LogP contribution in [0.25, 0.3) is 0 Å². The van der Waals surface area contributed by atoms with E-state index in [2.05, 4.69) is 10.6 Å². The molecule has 0 saturated carbocycles. The lowest BCUT2D eigenvalue weighted by Gasteiger charge is -2.13. The van der Waals surface area contributed by atoms with E-state index in [0.717, 1.165) is 12.2 Å². The van der Waals surface area contributed by atoms with Crippen molar-refractivity contribution in [3.8, 4) is 5.75 Å². The second-order valence-corrected chi connectivity index (χ2v) is 5.48. The van der Waals surface area contributed by atoms with Crippen LogP contribution in [0.4, 0.5) is 0 Å². The number of Topliss-reactive ketones (excluding diaryl/α,β-unsaturated/α-hetero) is 1. The third-order valence-corrected chi connectivity index (χ3v) is 3.35. The Balaban J connectivity index is 2.42. The standard InChI is InChI=1S/C18H26N2O4/c1-4-12-24-15-8-6-14(7-9-15)16(21)10-11-17(22)20-13(3)18(23)19-5-2/h6-9,13H,4-5,10-12H2,1-3H3,(H,19,23)(H,20,22)/t13-/m1/s1. The molecule has 0 aliphatic heterocycles. The minimum atomic E-state index is -0.609. The lowest BCUT2D eigenvalue weighted by Crippen LogP contribution is -2.44. The van der Waals surface area contributed by atoms with Gasteiger partial charge in [-0.3, -0.25) is 14.4 Å². The van der Waals surface area contributed by atoms with E-state index in [0.29, 0.717) is 18.7 Å². The Hall–Kier alpha value is -2.37. The van der Waals surface area contributed by atoms with Crippen LogP contribution in [0.3, 0.4) is 0 Å². The number of rotatable bonds is 10. The lowest BCUT2D eigenvalue weighted by atomic mass is 10.1. The molecule has 24 heavy (non-hydrogen) atoms. The molecule has 2 amide bonds. The Morgan fingerprint density at radius 1 is 1.08 bits per heavy atom. The smallest absolute Gasteiger partial charge is 0.242 e. The quantitative estimate of drug-likeness (QED) is 0.642. The summed E-state index contributed by atoms with van der Waals surface area (Å²) in [6.45, 7) is 6.59. The first kappa shape index (κ1) is 19.7. The molecule has 1 aromatic carbocycles. The maximum atomic E-state index is 12.1. The average Bonchev–Trinajstić information content (AvgIpc) is 2.58. The fourth-order valence-electron chi connectivity index (χ4n) is 2.03. The monoisotopic (exact) mass is 334 g/mol. The largest absolute Gasteiger partial charge is 0.494 e. The van der Waals surface area contributed by atoms with Crippen LogP contribution in [0.2, 0.25) is 0 Å². The average molecular weight is 334 g/mol. The molecule has 0 radical (unpaired) electrons. The first-order valence-corrected chi connectivity index (χ1v) is 8.31. The zero-order valence-electron chi connectivity index (χ0n) is 14.6. The van der Waals surface area contributed by atoms with Crippen LogP contribution < -0.4 is 15.4 Å². The van der Waals surface area contributed by atoms with Crippen molar-refractivity contribution in [3.63, 3.8) is 0 Å². The summed E-state index contributed by atoms with van der Waals surface area (Å²) in [6.07, 6.45) is 1.07. The minimum absolute atomic E-state index is 0.0522. The first-order valence-electron chi connectivity index (χ1n) is 8.31. The molecule has 1 atom stereocenters. The summed E-state index contributed by atoms with van der Waals surface area (Å²) >= 11 is 0. The van der Waals surface area contributed by atoms with E-state index in [1.807, 2.05) is 13.8 Å². The van der Waals surface area contributed by atoms with Gasteiger partial charge >= 0.3 is 0 Å². The highest BCUT2D eigenvalue weighted by atomic mass is 16.5. The van der Waals surface area contributed by atoms with Crippen LogP contribution >= 0.6 is 0 Å². The zero-order valence-corrected chi connectivity index (χ0v) is 14.6. The number of ketones is 1. The van der Waals surface area contributed by atoms with Crippen molar-refractivity contribution in [3.05, 3.63) is 29.8 Å². The van der Waals surface area contributed by atoms with Gasteiger partial charge in [0.05, 0.1) is 6.61 Å². The maximum Gasteiger partial charge on any atom is 0.242 e. The molecule has 1 aromatic rings. The van der Waals surface area contributed by atoms with Crippen LogP contribution in [-0.4, -0.2) is 36.8 Å². The van der Waals surface area contributed by atoms with E-state index in [9.17, 15) is 14.4 Å². The van der Waals surface area contributed by atoms with Crippen molar-refractivity contribution in [1.82, 2.24) is 10.6 Å². The van der Waals surface area contributed by atoms with E-state index in [1.165, 1.54) is 0 Å². The summed E-state index contributed by atoms with van der Waals surface area (Å²) in [5.41, 5.74) is 0.545. The van der Waals surface area contributed by atoms with Gasteiger partial charge in [0.15, 0.2) is 5.78 Å². The maximum absolute atomic E-state index is 12.1. The SMILES string of the molecule is CCCOc1ccc(C(=O)CCC(=O)N[C@H](C)C(=O)NCC)cc1. The summed E-state index contributed by atoms with van der Waals surface area (Å²) in [5.74, 6) is 0.0598. The molecule has 0 fully saturated rings. The van der Waals surface area contributed by atoms with Crippen LogP contribution in [0, 0.1) is 0 Å². The van der Waals surface area contributed by atoms with E-state index in [-0.39, 0.29) is 30.4 Å². The number of amides is 2. The Morgan fingerprint density at radius 3 is 2.33 bits per heavy atom. The molecular formula is C18H26N2O4. The van der Waals surface area contributed by atoms with Crippen LogP contribution in [-0.2, 0) is 9.59 Å². The van der Waals surface area contributed by atoms with Gasteiger partial charge in [0.25, 0.3) is 0 Å². The van der Waals surface area contributed by atoms with E-state index < -0.39 is 6.04 Å². The zero-order chi connectivity index (χ0) is 17.9. The number of hydrogen-bond acceptors (Lipinski definition) is 4. The van der Waals surface area contributed by atoms with E-state index >= 15 is 0 Å². The molecule has 132 valence electrons. The number of hydrogen-bond donors (Lipinski definition) is 2. The highest BCUT2D eigenvalue weighted by Gasteiger charge is 2.15. The fraction of sp³-hybridized carbons (Fsp3) is 0.500. The van der Waals surface area contributed by atoms with Crippen molar-refractivity contribution in [1.29, 1.82) is 0 Å². The van der Waals surface area contributed by atoms with Gasteiger partial charge in [-0.05, 0) is 44.5 Å². The summed E-state index contributed by atoms with van der Waals surface area (Å²) in [4.78, 5) is 35.4. The first-order chi connectivity index (χ1) is 11.5. The predicted molar refractivity (Wildman–Crippen MR) is 92.1 cm³/mol. The van der Waals surface area contributed by atoms with Gasteiger partial charge < -0.3 is 15.4 Å². The van der Waals surface area contributed by atoms with E-state index in [4.69, 9.17) is 4.74 Å². The highest BCUT2D eigenvalue weighted by Crippen LogP contribution is 2.14. The van der Waals surface area contributed by atoms with Crippen molar-refractivity contribution >= 4 is 17.6 Å². The number of carbonyl (C=O) groups excluding carboxylic acids is 3. The fourth-order valence-corrected chi connectivity index (χ4v) is 2.03. The third-order valence-electron chi connectivity index (χ3n) is 3.35. The number of ether oxygens (including phenoxy) is 1. The second-order valence-electron chi connectivity index (χ2n) is 5.48. The Labute approximate surface area is 143 Å². The summed E-state index contributed by atoms with van der Waals surface area (Å²) < 4.78 is 5.46. The number of benzene rings is 1. The molecule has 6 nitrogen and oxygen atoms in total. The highest BCUT2D eigenvalue weighted by molar-refractivity contribution is 5.98. The molecule has 0 unspecified atom stereocenters. The van der Waals surface area contributed by atoms with Crippen molar-refractivity contribution in [2.75, 3.05) is 13.2 Å². The van der Waals surface area contributed by atoms with Crippen molar-refractivity contribution in [2.24, 2.45) is 0 Å². The van der Waals surface area contributed by atoms with E-state index in [1.54, 1.807) is 31.2 Å². The molecule has 1 rings (SSSR count). The van der Waals surface area contributed by atoms with Crippen LogP contribution in [0.5, 0.6) is 5.75 Å². The van der Waals surface area contributed by atoms with Crippen LogP contribution in [0.15, 0.2) is 24.3 Å². The Kier molecular flexibility index (Phi) is 8.54. The molecule has 0 spiro atoms. The molecule has 0 aliphatic carbocycles. The molecule has 0 aromatic heterocycles. The van der Waals surface area contributed by atoms with Gasteiger partial charge in [-0.2, -0.15) is 0 Å². The minimum Gasteiger partial charge on any atom is -0.494 e. The lowest BCUT2D eigenvalue weighted by molar-refractivity contribution is -0.128. The van der Waals surface area contributed by atoms with Gasteiger partial charge in [-0.15, -0.1) is 0 Å². The van der Waals surface area contributed by atoms with Gasteiger partial charge in [0, 0.05) is 24.9 Å². The topological polar surface area (TPSA) is 84.5 Å². The molecule has 2 N–H and O–H groups in total. The van der Waals surface area contributed by atoms with Gasteiger partial charge in [-0.25, -0.2) is 0 Å². The molecule has 6 heteroatoms. The molecule has 0 aliphatic rings. The van der Waals surface area contributed by atoms with Gasteiger partial charge in [0.1, 0.15) is 11.8 Å². The number of carbonyl (C=O) groups is 3. The summed E-state index contributed by atoms with van der Waals surface area (Å²) in [7, 11) is 0. The third kappa shape index (κ3) is 6.81. The Morgan fingerprint density at radius 2 is 1.75 bits per heavy atom. The second kappa shape index (κ2) is 10.4. The van der Waals surface area contributed by atoms with Crippen LogP contribution in [0.1, 0.15) is 50.4 Å².